The number of nitrogens with zero attached hydrogens (tertiary/aromatic N) is 1. The van der Waals surface area contributed by atoms with E-state index in [1.54, 1.807) is 13.3 Å². The zero-order valence-electron chi connectivity index (χ0n) is 13.7. The van der Waals surface area contributed by atoms with Gasteiger partial charge in [-0.15, -0.1) is 0 Å². The predicted molar refractivity (Wildman–Crippen MR) is 104 cm³/mol. The molecule has 0 radical (unpaired) electrons. The largest absolute Gasteiger partial charge is 0.496 e. The van der Waals surface area contributed by atoms with Crippen LogP contribution in [0.1, 0.15) is 11.1 Å². The van der Waals surface area contributed by atoms with E-state index in [0.29, 0.717) is 5.75 Å². The first kappa shape index (κ1) is 17.2. The van der Waals surface area contributed by atoms with Crippen molar-refractivity contribution in [3.05, 3.63) is 76.3 Å². The summed E-state index contributed by atoms with van der Waals surface area (Å²) < 4.78 is 6.39. The van der Waals surface area contributed by atoms with E-state index in [0.717, 1.165) is 26.4 Å². The van der Waals surface area contributed by atoms with Crippen molar-refractivity contribution in [3.8, 4) is 5.75 Å². The Kier molecular flexibility index (Phi) is 5.46. The number of carbonyl (C=O) groups is 1. The lowest BCUT2D eigenvalue weighted by Gasteiger charge is -2.08. The van der Waals surface area contributed by atoms with Crippen molar-refractivity contribution in [1.29, 1.82) is 0 Å². The van der Waals surface area contributed by atoms with Crippen molar-refractivity contribution in [3.63, 3.8) is 0 Å². The fourth-order valence-corrected chi connectivity index (χ4v) is 2.85. The summed E-state index contributed by atoms with van der Waals surface area (Å²) in [5.74, 6) is 0.544. The molecule has 0 fully saturated rings. The van der Waals surface area contributed by atoms with Crippen LogP contribution >= 0.6 is 15.9 Å². The van der Waals surface area contributed by atoms with Gasteiger partial charge in [0, 0.05) is 10.0 Å². The van der Waals surface area contributed by atoms with Gasteiger partial charge in [0.15, 0.2) is 0 Å². The molecule has 0 aliphatic heterocycles. The zero-order valence-corrected chi connectivity index (χ0v) is 15.3. The minimum absolute atomic E-state index is 0.169. The third-order valence-corrected chi connectivity index (χ3v) is 4.34. The van der Waals surface area contributed by atoms with Gasteiger partial charge in [-0.3, -0.25) is 4.79 Å². The van der Waals surface area contributed by atoms with E-state index in [-0.39, 0.29) is 12.3 Å². The molecule has 0 heterocycles. The lowest BCUT2D eigenvalue weighted by Crippen LogP contribution is -2.19. The molecule has 0 bridgehead atoms. The van der Waals surface area contributed by atoms with Crippen LogP contribution in [0.4, 0.5) is 0 Å². The topological polar surface area (TPSA) is 50.7 Å². The zero-order chi connectivity index (χ0) is 17.6. The Hall–Kier alpha value is -2.66. The number of hydrazone groups is 1. The molecule has 0 unspecified atom stereocenters. The Bertz CT molecular complexity index is 921. The SMILES string of the molecule is COc1ccc2ccccc2c1C=NNC(=O)Cc1ccc(Br)cc1. The fourth-order valence-electron chi connectivity index (χ4n) is 2.58. The van der Waals surface area contributed by atoms with Gasteiger partial charge < -0.3 is 4.74 Å². The smallest absolute Gasteiger partial charge is 0.244 e. The highest BCUT2D eigenvalue weighted by Crippen LogP contribution is 2.26. The van der Waals surface area contributed by atoms with E-state index < -0.39 is 0 Å². The normalized spacial score (nSPS) is 11.0. The molecule has 0 spiro atoms. The number of ether oxygens (including phenoxy) is 1. The second-order valence-electron chi connectivity index (χ2n) is 5.50. The molecule has 126 valence electrons. The van der Waals surface area contributed by atoms with Crippen LogP contribution in [-0.2, 0) is 11.2 Å². The van der Waals surface area contributed by atoms with Crippen LogP contribution in [-0.4, -0.2) is 19.2 Å². The van der Waals surface area contributed by atoms with Crippen molar-refractivity contribution < 1.29 is 9.53 Å². The number of rotatable bonds is 5. The highest BCUT2D eigenvalue weighted by molar-refractivity contribution is 9.10. The molecule has 5 heteroatoms. The van der Waals surface area contributed by atoms with Gasteiger partial charge in [-0.25, -0.2) is 5.43 Å². The van der Waals surface area contributed by atoms with E-state index >= 15 is 0 Å². The van der Waals surface area contributed by atoms with Gasteiger partial charge in [0.1, 0.15) is 5.75 Å². The number of amides is 1. The summed E-state index contributed by atoms with van der Waals surface area (Å²) in [6, 6.07) is 19.5. The number of hydrogen-bond acceptors (Lipinski definition) is 3. The number of carbonyl (C=O) groups excluding carboxylic acids is 1. The number of nitrogens with one attached hydrogen (secondary N) is 1. The minimum atomic E-state index is -0.169. The second kappa shape index (κ2) is 7.94. The van der Waals surface area contributed by atoms with Crippen molar-refractivity contribution in [2.24, 2.45) is 5.10 Å². The number of fused-ring (bicyclic) bond motifs is 1. The maximum Gasteiger partial charge on any atom is 0.244 e. The summed E-state index contributed by atoms with van der Waals surface area (Å²) in [7, 11) is 1.62. The Morgan fingerprint density at radius 1 is 1.12 bits per heavy atom. The van der Waals surface area contributed by atoms with E-state index in [2.05, 4.69) is 26.5 Å². The molecule has 1 N–H and O–H groups in total. The van der Waals surface area contributed by atoms with Crippen LogP contribution in [0.25, 0.3) is 10.8 Å². The molecule has 3 rings (SSSR count). The van der Waals surface area contributed by atoms with Gasteiger partial charge in [-0.05, 0) is 34.5 Å². The van der Waals surface area contributed by atoms with Crippen LogP contribution in [0.3, 0.4) is 0 Å². The van der Waals surface area contributed by atoms with Crippen LogP contribution in [0, 0.1) is 0 Å². The Morgan fingerprint density at radius 3 is 2.64 bits per heavy atom. The quantitative estimate of drug-likeness (QED) is 0.516. The van der Waals surface area contributed by atoms with Crippen LogP contribution in [0.2, 0.25) is 0 Å². The van der Waals surface area contributed by atoms with Crippen molar-refractivity contribution in [2.75, 3.05) is 7.11 Å². The van der Waals surface area contributed by atoms with Crippen LogP contribution < -0.4 is 10.2 Å². The van der Waals surface area contributed by atoms with E-state index in [1.165, 1.54) is 0 Å². The third-order valence-electron chi connectivity index (χ3n) is 3.81. The Morgan fingerprint density at radius 2 is 1.88 bits per heavy atom. The summed E-state index contributed by atoms with van der Waals surface area (Å²) in [4.78, 5) is 12.0. The van der Waals surface area contributed by atoms with Crippen molar-refractivity contribution in [2.45, 2.75) is 6.42 Å². The van der Waals surface area contributed by atoms with Crippen molar-refractivity contribution in [1.82, 2.24) is 5.43 Å². The second-order valence-corrected chi connectivity index (χ2v) is 6.41. The van der Waals surface area contributed by atoms with Gasteiger partial charge in [0.05, 0.1) is 19.7 Å². The van der Waals surface area contributed by atoms with Gasteiger partial charge in [0.2, 0.25) is 5.91 Å². The van der Waals surface area contributed by atoms with Gasteiger partial charge >= 0.3 is 0 Å². The summed E-state index contributed by atoms with van der Waals surface area (Å²) >= 11 is 3.38. The molecule has 0 aliphatic rings. The lowest BCUT2D eigenvalue weighted by molar-refractivity contribution is -0.120. The molecule has 4 nitrogen and oxygen atoms in total. The van der Waals surface area contributed by atoms with Crippen molar-refractivity contribution >= 4 is 38.8 Å². The Labute approximate surface area is 154 Å². The highest BCUT2D eigenvalue weighted by Gasteiger charge is 2.06. The summed E-state index contributed by atoms with van der Waals surface area (Å²) in [5, 5.41) is 6.21. The molecule has 3 aromatic rings. The first-order valence-corrected chi connectivity index (χ1v) is 8.59. The van der Waals surface area contributed by atoms with Gasteiger partial charge in [-0.1, -0.05) is 58.4 Å². The summed E-state index contributed by atoms with van der Waals surface area (Å²) in [6.45, 7) is 0. The minimum Gasteiger partial charge on any atom is -0.496 e. The monoisotopic (exact) mass is 396 g/mol. The highest BCUT2D eigenvalue weighted by atomic mass is 79.9. The maximum atomic E-state index is 12.0. The van der Waals surface area contributed by atoms with E-state index in [9.17, 15) is 4.79 Å². The Balaban J connectivity index is 1.74. The standard InChI is InChI=1S/C20H17BrN2O2/c1-25-19-11-8-15-4-2-3-5-17(15)18(19)13-22-23-20(24)12-14-6-9-16(21)10-7-14/h2-11,13H,12H2,1H3,(H,23,24). The molecule has 0 aromatic heterocycles. The van der Waals surface area contributed by atoms with E-state index in [4.69, 9.17) is 4.74 Å². The molecule has 3 aromatic carbocycles. The average molecular weight is 397 g/mol. The molecule has 25 heavy (non-hydrogen) atoms. The molecular weight excluding hydrogens is 380 g/mol. The summed E-state index contributed by atoms with van der Waals surface area (Å²) in [5.41, 5.74) is 4.34. The fraction of sp³-hybridized carbons (Fsp3) is 0.100. The number of halogens is 1. The molecule has 0 aliphatic carbocycles. The lowest BCUT2D eigenvalue weighted by atomic mass is 10.0. The third kappa shape index (κ3) is 4.25. The molecule has 0 saturated carbocycles. The van der Waals surface area contributed by atoms with E-state index in [1.807, 2.05) is 60.7 Å². The number of methoxy groups -OCH3 is 1. The number of hydrogen-bond donors (Lipinski definition) is 1. The van der Waals surface area contributed by atoms with Crippen LogP contribution in [0.5, 0.6) is 5.75 Å². The van der Waals surface area contributed by atoms with Gasteiger partial charge in [0.25, 0.3) is 0 Å². The predicted octanol–water partition coefficient (Wildman–Crippen LogP) is 4.30. The number of benzene rings is 3. The maximum absolute atomic E-state index is 12.0. The van der Waals surface area contributed by atoms with Gasteiger partial charge in [-0.2, -0.15) is 5.10 Å². The molecule has 0 saturated heterocycles. The first-order valence-electron chi connectivity index (χ1n) is 7.79. The first-order chi connectivity index (χ1) is 12.2. The molecule has 0 atom stereocenters. The average Bonchev–Trinajstić information content (AvgIpc) is 2.63. The molecular formula is C20H17BrN2O2. The summed E-state index contributed by atoms with van der Waals surface area (Å²) in [6.07, 6.45) is 1.90. The van der Waals surface area contributed by atoms with Crippen LogP contribution in [0.15, 0.2) is 70.2 Å². The molecule has 1 amide bonds.